The molecule has 122 valence electrons. The molecule has 0 aromatic rings. The Labute approximate surface area is 130 Å². The van der Waals surface area contributed by atoms with Crippen LogP contribution in [-0.2, 0) is 0 Å². The minimum atomic E-state index is -0.106. The summed E-state index contributed by atoms with van der Waals surface area (Å²) in [7, 11) is 2.31. The van der Waals surface area contributed by atoms with Crippen LogP contribution in [0.5, 0.6) is 0 Å². The molecule has 0 radical (unpaired) electrons. The van der Waals surface area contributed by atoms with Crippen LogP contribution in [0.4, 0.5) is 0 Å². The van der Waals surface area contributed by atoms with E-state index in [0.29, 0.717) is 11.5 Å². The van der Waals surface area contributed by atoms with E-state index in [0.717, 1.165) is 24.4 Å². The van der Waals surface area contributed by atoms with Crippen molar-refractivity contribution in [2.24, 2.45) is 11.3 Å². The van der Waals surface area contributed by atoms with Gasteiger partial charge in [0, 0.05) is 31.2 Å². The zero-order valence-corrected chi connectivity index (χ0v) is 14.4. The van der Waals surface area contributed by atoms with Gasteiger partial charge in [-0.25, -0.2) is 0 Å². The molecule has 3 aliphatic rings. The molecular formula is C18H34N2O. The van der Waals surface area contributed by atoms with Crippen LogP contribution in [0.15, 0.2) is 0 Å². The molecule has 1 N–H and O–H groups in total. The average Bonchev–Trinajstić information content (AvgIpc) is 2.63. The van der Waals surface area contributed by atoms with Crippen molar-refractivity contribution in [3.05, 3.63) is 0 Å². The molecule has 21 heavy (non-hydrogen) atoms. The third kappa shape index (κ3) is 3.16. The number of hydrogen-bond donors (Lipinski definition) is 1. The third-order valence-corrected chi connectivity index (χ3v) is 6.65. The second kappa shape index (κ2) is 5.82. The van der Waals surface area contributed by atoms with E-state index in [1.165, 1.54) is 45.2 Å². The van der Waals surface area contributed by atoms with Gasteiger partial charge in [0.05, 0.1) is 6.10 Å². The normalized spacial score (nSPS) is 43.0. The molecule has 2 bridgehead atoms. The maximum atomic E-state index is 10.6. The molecule has 2 aliphatic heterocycles. The van der Waals surface area contributed by atoms with Crippen molar-refractivity contribution in [1.29, 1.82) is 0 Å². The first kappa shape index (κ1) is 15.8. The standard InChI is InChI=1S/C18H34N2O/c1-18(2,3)13-5-8-17(21)16(11-13)20-10-9-14-6-7-15(12-20)19(14)4/h13-17,21H,5-12H2,1-4H3. The zero-order valence-electron chi connectivity index (χ0n) is 14.4. The van der Waals surface area contributed by atoms with Crippen LogP contribution in [-0.4, -0.2) is 59.3 Å². The van der Waals surface area contributed by atoms with Gasteiger partial charge in [-0.3, -0.25) is 9.80 Å². The summed E-state index contributed by atoms with van der Waals surface area (Å²) in [6, 6.07) is 1.91. The number of rotatable bonds is 1. The molecule has 2 saturated heterocycles. The van der Waals surface area contributed by atoms with Gasteiger partial charge in [0.25, 0.3) is 0 Å². The summed E-state index contributed by atoms with van der Waals surface area (Å²) in [4.78, 5) is 5.25. The van der Waals surface area contributed by atoms with Gasteiger partial charge in [-0.05, 0) is 56.9 Å². The van der Waals surface area contributed by atoms with Gasteiger partial charge in [0.2, 0.25) is 0 Å². The number of fused-ring (bicyclic) bond motifs is 2. The van der Waals surface area contributed by atoms with Crippen LogP contribution < -0.4 is 0 Å². The van der Waals surface area contributed by atoms with Gasteiger partial charge < -0.3 is 5.11 Å². The molecular weight excluding hydrogens is 260 g/mol. The number of aliphatic hydroxyl groups is 1. The van der Waals surface area contributed by atoms with Gasteiger partial charge in [-0.1, -0.05) is 20.8 Å². The lowest BCUT2D eigenvalue weighted by molar-refractivity contribution is -0.0195. The van der Waals surface area contributed by atoms with Crippen LogP contribution >= 0.6 is 0 Å². The molecule has 5 atom stereocenters. The number of likely N-dealkylation sites (tertiary alicyclic amines) is 1. The van der Waals surface area contributed by atoms with E-state index < -0.39 is 0 Å². The maximum Gasteiger partial charge on any atom is 0.0695 e. The fourth-order valence-corrected chi connectivity index (χ4v) is 4.95. The lowest BCUT2D eigenvalue weighted by atomic mass is 9.70. The van der Waals surface area contributed by atoms with E-state index in [1.54, 1.807) is 0 Å². The highest BCUT2D eigenvalue weighted by atomic mass is 16.3. The highest BCUT2D eigenvalue weighted by Crippen LogP contribution is 2.40. The molecule has 1 aliphatic carbocycles. The average molecular weight is 294 g/mol. The fraction of sp³-hybridized carbons (Fsp3) is 1.00. The van der Waals surface area contributed by atoms with Crippen molar-refractivity contribution in [1.82, 2.24) is 9.80 Å². The predicted octanol–water partition coefficient (Wildman–Crippen LogP) is 2.73. The van der Waals surface area contributed by atoms with Crippen molar-refractivity contribution in [3.63, 3.8) is 0 Å². The first-order valence-electron chi connectivity index (χ1n) is 9.00. The molecule has 1 saturated carbocycles. The van der Waals surface area contributed by atoms with Crippen molar-refractivity contribution in [2.75, 3.05) is 20.1 Å². The Bertz CT molecular complexity index is 365. The molecule has 0 aromatic carbocycles. The van der Waals surface area contributed by atoms with Crippen molar-refractivity contribution < 1.29 is 5.11 Å². The van der Waals surface area contributed by atoms with Gasteiger partial charge >= 0.3 is 0 Å². The summed E-state index contributed by atoms with van der Waals surface area (Å²) in [5.74, 6) is 0.754. The van der Waals surface area contributed by atoms with E-state index in [4.69, 9.17) is 0 Å². The first-order chi connectivity index (χ1) is 9.86. The van der Waals surface area contributed by atoms with Crippen LogP contribution in [0, 0.1) is 11.3 Å². The molecule has 3 rings (SSSR count). The van der Waals surface area contributed by atoms with Crippen molar-refractivity contribution in [2.45, 2.75) is 83.5 Å². The Hall–Kier alpha value is -0.120. The maximum absolute atomic E-state index is 10.6. The largest absolute Gasteiger partial charge is 0.391 e. The molecule has 2 heterocycles. The highest BCUT2D eigenvalue weighted by molar-refractivity contribution is 4.96. The molecule has 0 spiro atoms. The molecule has 3 fully saturated rings. The SMILES string of the molecule is CN1C2CCC1CN(C1CC(C(C)(C)C)CCC1O)CC2. The summed E-state index contributed by atoms with van der Waals surface area (Å²) in [6.45, 7) is 9.45. The zero-order chi connectivity index (χ0) is 15.2. The molecule has 0 amide bonds. The smallest absolute Gasteiger partial charge is 0.0695 e. The van der Waals surface area contributed by atoms with Crippen LogP contribution in [0.3, 0.4) is 0 Å². The minimum Gasteiger partial charge on any atom is -0.391 e. The van der Waals surface area contributed by atoms with E-state index in [9.17, 15) is 5.11 Å². The van der Waals surface area contributed by atoms with Crippen molar-refractivity contribution >= 4 is 0 Å². The first-order valence-corrected chi connectivity index (χ1v) is 9.00. The monoisotopic (exact) mass is 294 g/mol. The number of likely N-dealkylation sites (N-methyl/N-ethyl adjacent to an activating group) is 1. The Kier molecular flexibility index (Phi) is 4.37. The van der Waals surface area contributed by atoms with Crippen LogP contribution in [0.1, 0.15) is 59.3 Å². The Morgan fingerprint density at radius 1 is 0.952 bits per heavy atom. The van der Waals surface area contributed by atoms with Gasteiger partial charge in [0.15, 0.2) is 0 Å². The summed E-state index contributed by atoms with van der Waals surface area (Å²) >= 11 is 0. The summed E-state index contributed by atoms with van der Waals surface area (Å²) in [5, 5.41) is 10.6. The quantitative estimate of drug-likeness (QED) is 0.805. The molecule has 0 aromatic heterocycles. The van der Waals surface area contributed by atoms with E-state index >= 15 is 0 Å². The number of hydrogen-bond acceptors (Lipinski definition) is 3. The lowest BCUT2D eigenvalue weighted by Crippen LogP contribution is -2.51. The lowest BCUT2D eigenvalue weighted by Gasteiger charge is -2.45. The molecule has 3 nitrogen and oxygen atoms in total. The summed E-state index contributed by atoms with van der Waals surface area (Å²) in [6.07, 6.45) is 7.29. The van der Waals surface area contributed by atoms with Crippen LogP contribution in [0.2, 0.25) is 0 Å². The van der Waals surface area contributed by atoms with Gasteiger partial charge in [-0.2, -0.15) is 0 Å². The summed E-state index contributed by atoms with van der Waals surface area (Å²) < 4.78 is 0. The van der Waals surface area contributed by atoms with Gasteiger partial charge in [0.1, 0.15) is 0 Å². The number of nitrogens with zero attached hydrogens (tertiary/aromatic N) is 2. The second-order valence-electron chi connectivity index (χ2n) is 8.84. The topological polar surface area (TPSA) is 26.7 Å². The fourth-order valence-electron chi connectivity index (χ4n) is 4.95. The van der Waals surface area contributed by atoms with Gasteiger partial charge in [-0.15, -0.1) is 0 Å². The predicted molar refractivity (Wildman–Crippen MR) is 87.4 cm³/mol. The van der Waals surface area contributed by atoms with Crippen LogP contribution in [0.25, 0.3) is 0 Å². The highest BCUT2D eigenvalue weighted by Gasteiger charge is 2.41. The van der Waals surface area contributed by atoms with E-state index in [-0.39, 0.29) is 6.10 Å². The Morgan fingerprint density at radius 2 is 1.67 bits per heavy atom. The summed E-state index contributed by atoms with van der Waals surface area (Å²) in [5.41, 5.74) is 0.375. The number of aliphatic hydroxyl groups excluding tert-OH is 1. The second-order valence-corrected chi connectivity index (χ2v) is 8.84. The van der Waals surface area contributed by atoms with E-state index in [2.05, 4.69) is 37.6 Å². The van der Waals surface area contributed by atoms with Crippen molar-refractivity contribution in [3.8, 4) is 0 Å². The molecule has 3 heteroatoms. The molecule has 5 unspecified atom stereocenters. The van der Waals surface area contributed by atoms with E-state index in [1.807, 2.05) is 0 Å². The minimum absolute atomic E-state index is 0.106. The Morgan fingerprint density at radius 3 is 2.38 bits per heavy atom. The third-order valence-electron chi connectivity index (χ3n) is 6.65. The Balaban J connectivity index is 1.69.